The lowest BCUT2D eigenvalue weighted by atomic mass is 9.89. The van der Waals surface area contributed by atoms with Crippen LogP contribution >= 0.6 is 0 Å². The number of hydrogen-bond acceptors (Lipinski definition) is 3. The van der Waals surface area contributed by atoms with E-state index < -0.39 is 5.97 Å². The molecular formula is C14H21NO3. The van der Waals surface area contributed by atoms with Crippen molar-refractivity contribution in [2.75, 3.05) is 6.54 Å². The largest absolute Gasteiger partial charge is 0.475 e. The lowest BCUT2D eigenvalue weighted by Crippen LogP contribution is -2.24. The summed E-state index contributed by atoms with van der Waals surface area (Å²) >= 11 is 0. The van der Waals surface area contributed by atoms with Gasteiger partial charge in [0.1, 0.15) is 5.76 Å². The van der Waals surface area contributed by atoms with Crippen molar-refractivity contribution in [3.05, 3.63) is 23.2 Å². The van der Waals surface area contributed by atoms with Crippen LogP contribution in [0.4, 0.5) is 0 Å². The highest BCUT2D eigenvalue weighted by Gasteiger charge is 2.15. The van der Waals surface area contributed by atoms with Gasteiger partial charge in [-0.3, -0.25) is 0 Å². The molecule has 1 saturated carbocycles. The summed E-state index contributed by atoms with van der Waals surface area (Å²) in [5.41, 5.74) is 0.947. The fourth-order valence-electron chi connectivity index (χ4n) is 2.60. The lowest BCUT2D eigenvalue weighted by Gasteiger charge is -2.21. The van der Waals surface area contributed by atoms with E-state index in [0.29, 0.717) is 12.3 Å². The van der Waals surface area contributed by atoms with Gasteiger partial charge in [-0.15, -0.1) is 0 Å². The van der Waals surface area contributed by atoms with E-state index in [2.05, 4.69) is 5.32 Å². The third kappa shape index (κ3) is 3.35. The highest BCUT2D eigenvalue weighted by atomic mass is 16.4. The van der Waals surface area contributed by atoms with E-state index in [1.807, 2.05) is 6.92 Å². The zero-order chi connectivity index (χ0) is 13.0. The van der Waals surface area contributed by atoms with Gasteiger partial charge in [0.15, 0.2) is 0 Å². The topological polar surface area (TPSA) is 62.5 Å². The molecule has 0 radical (unpaired) electrons. The summed E-state index contributed by atoms with van der Waals surface area (Å²) in [7, 11) is 0. The quantitative estimate of drug-likeness (QED) is 0.844. The number of aryl methyl sites for hydroxylation is 1. The first-order chi connectivity index (χ1) is 8.66. The Labute approximate surface area is 107 Å². The number of carboxylic acid groups (broad SMARTS) is 1. The van der Waals surface area contributed by atoms with Gasteiger partial charge in [0.2, 0.25) is 5.76 Å². The Morgan fingerprint density at radius 3 is 2.78 bits per heavy atom. The van der Waals surface area contributed by atoms with Crippen molar-refractivity contribution in [3.8, 4) is 0 Å². The van der Waals surface area contributed by atoms with Crippen molar-refractivity contribution >= 4 is 5.97 Å². The first-order valence-corrected chi connectivity index (χ1v) is 6.70. The summed E-state index contributed by atoms with van der Waals surface area (Å²) < 4.78 is 5.18. The molecule has 2 rings (SSSR count). The minimum atomic E-state index is -1.00. The second kappa shape index (κ2) is 6.05. The van der Waals surface area contributed by atoms with Crippen LogP contribution < -0.4 is 5.32 Å². The molecule has 0 bridgehead atoms. The smallest absolute Gasteiger partial charge is 0.371 e. The molecule has 18 heavy (non-hydrogen) atoms. The van der Waals surface area contributed by atoms with E-state index in [0.717, 1.165) is 18.0 Å². The van der Waals surface area contributed by atoms with Gasteiger partial charge >= 0.3 is 5.97 Å². The van der Waals surface area contributed by atoms with Crippen LogP contribution in [-0.4, -0.2) is 17.6 Å². The number of carbonyl (C=O) groups is 1. The number of rotatable bonds is 5. The summed E-state index contributed by atoms with van der Waals surface area (Å²) in [5.74, 6) is 0.507. The van der Waals surface area contributed by atoms with Gasteiger partial charge in [0, 0.05) is 12.1 Å². The SMILES string of the molecule is Cc1oc(C(=O)O)cc1CNCC1CCCCC1. The molecule has 0 unspecified atom stereocenters. The van der Waals surface area contributed by atoms with Crippen LogP contribution in [0.5, 0.6) is 0 Å². The van der Waals surface area contributed by atoms with E-state index in [1.54, 1.807) is 6.07 Å². The first kappa shape index (κ1) is 13.1. The molecule has 1 heterocycles. The van der Waals surface area contributed by atoms with Crippen molar-refractivity contribution in [1.29, 1.82) is 0 Å². The minimum absolute atomic E-state index is 0.0296. The Morgan fingerprint density at radius 2 is 2.17 bits per heavy atom. The number of furan rings is 1. The molecule has 1 aromatic rings. The fourth-order valence-corrected chi connectivity index (χ4v) is 2.60. The molecule has 1 aliphatic carbocycles. The van der Waals surface area contributed by atoms with Crippen molar-refractivity contribution < 1.29 is 14.3 Å². The van der Waals surface area contributed by atoms with E-state index >= 15 is 0 Å². The van der Waals surface area contributed by atoms with Crippen LogP contribution in [0.1, 0.15) is 54.0 Å². The zero-order valence-electron chi connectivity index (χ0n) is 10.9. The molecule has 4 heteroatoms. The van der Waals surface area contributed by atoms with Gasteiger partial charge in [-0.25, -0.2) is 4.79 Å². The minimum Gasteiger partial charge on any atom is -0.475 e. The molecule has 1 aliphatic rings. The zero-order valence-corrected chi connectivity index (χ0v) is 10.9. The second-order valence-corrected chi connectivity index (χ2v) is 5.13. The normalized spacial score (nSPS) is 16.9. The second-order valence-electron chi connectivity index (χ2n) is 5.13. The maximum atomic E-state index is 10.8. The first-order valence-electron chi connectivity index (χ1n) is 6.70. The maximum absolute atomic E-state index is 10.8. The summed E-state index contributed by atoms with van der Waals surface area (Å²) in [6.45, 7) is 3.52. The predicted molar refractivity (Wildman–Crippen MR) is 68.7 cm³/mol. The van der Waals surface area contributed by atoms with Crippen LogP contribution in [-0.2, 0) is 6.54 Å². The molecule has 4 nitrogen and oxygen atoms in total. The van der Waals surface area contributed by atoms with E-state index in [9.17, 15) is 4.79 Å². The van der Waals surface area contributed by atoms with Gasteiger partial charge in [-0.05, 0) is 38.3 Å². The number of aromatic carboxylic acids is 1. The van der Waals surface area contributed by atoms with Gasteiger partial charge in [0.25, 0.3) is 0 Å². The fraction of sp³-hybridized carbons (Fsp3) is 0.643. The van der Waals surface area contributed by atoms with Gasteiger partial charge in [0.05, 0.1) is 0 Å². The highest BCUT2D eigenvalue weighted by Crippen LogP contribution is 2.23. The van der Waals surface area contributed by atoms with Crippen LogP contribution in [0.25, 0.3) is 0 Å². The summed E-state index contributed by atoms with van der Waals surface area (Å²) in [6, 6.07) is 1.62. The van der Waals surface area contributed by atoms with Crippen LogP contribution in [0.3, 0.4) is 0 Å². The molecule has 0 aliphatic heterocycles. The van der Waals surface area contributed by atoms with Crippen LogP contribution in [0.2, 0.25) is 0 Å². The monoisotopic (exact) mass is 251 g/mol. The van der Waals surface area contributed by atoms with Crippen LogP contribution in [0.15, 0.2) is 10.5 Å². The molecule has 0 saturated heterocycles. The summed E-state index contributed by atoms with van der Waals surface area (Å²) in [6.07, 6.45) is 6.70. The Morgan fingerprint density at radius 1 is 1.44 bits per heavy atom. The van der Waals surface area contributed by atoms with Gasteiger partial charge in [-0.2, -0.15) is 0 Å². The molecule has 0 amide bonds. The average Bonchev–Trinajstić information content (AvgIpc) is 2.73. The third-order valence-corrected chi connectivity index (χ3v) is 3.70. The summed E-state index contributed by atoms with van der Waals surface area (Å²) in [5, 5.41) is 12.2. The number of nitrogens with one attached hydrogen (secondary N) is 1. The third-order valence-electron chi connectivity index (χ3n) is 3.70. The Hall–Kier alpha value is -1.29. The maximum Gasteiger partial charge on any atom is 0.371 e. The Kier molecular flexibility index (Phi) is 4.42. The average molecular weight is 251 g/mol. The molecule has 0 spiro atoms. The van der Waals surface area contributed by atoms with Crippen molar-refractivity contribution in [2.24, 2.45) is 5.92 Å². The molecule has 0 aromatic carbocycles. The molecule has 100 valence electrons. The summed E-state index contributed by atoms with van der Waals surface area (Å²) in [4.78, 5) is 10.8. The molecule has 2 N–H and O–H groups in total. The molecule has 1 fully saturated rings. The number of carboxylic acids is 1. The van der Waals surface area contributed by atoms with E-state index in [4.69, 9.17) is 9.52 Å². The Bertz CT molecular complexity index is 405. The van der Waals surface area contributed by atoms with Crippen molar-refractivity contribution in [2.45, 2.75) is 45.6 Å². The van der Waals surface area contributed by atoms with E-state index in [1.165, 1.54) is 32.1 Å². The van der Waals surface area contributed by atoms with Crippen molar-refractivity contribution in [3.63, 3.8) is 0 Å². The van der Waals surface area contributed by atoms with Crippen molar-refractivity contribution in [1.82, 2.24) is 5.32 Å². The molecular weight excluding hydrogens is 230 g/mol. The number of hydrogen-bond donors (Lipinski definition) is 2. The Balaban J connectivity index is 1.80. The molecule has 1 aromatic heterocycles. The van der Waals surface area contributed by atoms with Crippen LogP contribution in [0, 0.1) is 12.8 Å². The highest BCUT2D eigenvalue weighted by molar-refractivity contribution is 5.84. The molecule has 0 atom stereocenters. The van der Waals surface area contributed by atoms with Gasteiger partial charge < -0.3 is 14.8 Å². The lowest BCUT2D eigenvalue weighted by molar-refractivity contribution is 0.0661. The van der Waals surface area contributed by atoms with Gasteiger partial charge in [-0.1, -0.05) is 19.3 Å². The standard InChI is InChI=1S/C14H21NO3/c1-10-12(7-13(18-10)14(16)17)9-15-8-11-5-3-2-4-6-11/h7,11,15H,2-6,8-9H2,1H3,(H,16,17). The van der Waals surface area contributed by atoms with E-state index in [-0.39, 0.29) is 5.76 Å². The predicted octanol–water partition coefficient (Wildman–Crippen LogP) is 2.96.